The number of furan rings is 1. The predicted molar refractivity (Wildman–Crippen MR) is 114 cm³/mol. The summed E-state index contributed by atoms with van der Waals surface area (Å²) in [5.74, 6) is 1.03. The van der Waals surface area contributed by atoms with Crippen LogP contribution in [-0.2, 0) is 12.7 Å². The summed E-state index contributed by atoms with van der Waals surface area (Å²) in [6.07, 6.45) is -4.62. The number of hydrogen-bond acceptors (Lipinski definition) is 3. The van der Waals surface area contributed by atoms with E-state index in [0.29, 0.717) is 22.6 Å². The Morgan fingerprint density at radius 1 is 1.09 bits per heavy atom. The molecule has 0 radical (unpaired) electrons. The average molecular weight is 460 g/mol. The van der Waals surface area contributed by atoms with Gasteiger partial charge in [0.05, 0.1) is 22.9 Å². The van der Waals surface area contributed by atoms with Gasteiger partial charge < -0.3 is 9.73 Å². The second kappa shape index (κ2) is 8.55. The van der Waals surface area contributed by atoms with E-state index in [1.54, 1.807) is 48.5 Å². The Balaban J connectivity index is 1.62. The molecule has 0 atom stereocenters. The molecule has 2 aromatic carbocycles. The highest BCUT2D eigenvalue weighted by atomic mass is 35.5. The maximum atomic E-state index is 13.3. The highest BCUT2D eigenvalue weighted by molar-refractivity contribution is 6.32. The zero-order valence-electron chi connectivity index (χ0n) is 16.8. The molecule has 0 aliphatic heterocycles. The van der Waals surface area contributed by atoms with Crippen molar-refractivity contribution in [3.8, 4) is 16.9 Å². The number of amides is 1. The number of hydrogen-bond donors (Lipinski definition) is 1. The molecular weight excluding hydrogens is 443 g/mol. The van der Waals surface area contributed by atoms with Crippen LogP contribution in [0.2, 0.25) is 5.02 Å². The summed E-state index contributed by atoms with van der Waals surface area (Å²) >= 11 is 6.19. The lowest BCUT2D eigenvalue weighted by atomic mass is 10.1. The number of aromatic nitrogens is 2. The Kier molecular flexibility index (Phi) is 5.80. The summed E-state index contributed by atoms with van der Waals surface area (Å²) in [6.45, 7) is 2.03. The van der Waals surface area contributed by atoms with Gasteiger partial charge in [-0.3, -0.25) is 4.79 Å². The minimum Gasteiger partial charge on any atom is -0.465 e. The summed E-state index contributed by atoms with van der Waals surface area (Å²) < 4.78 is 46.6. The van der Waals surface area contributed by atoms with Gasteiger partial charge in [-0.25, -0.2) is 4.68 Å². The first kappa shape index (κ1) is 21.7. The van der Waals surface area contributed by atoms with Crippen molar-refractivity contribution in [1.29, 1.82) is 0 Å². The number of halogens is 4. The minimum atomic E-state index is -4.62. The van der Waals surface area contributed by atoms with Gasteiger partial charge in [0.25, 0.3) is 5.91 Å². The van der Waals surface area contributed by atoms with Crippen molar-refractivity contribution in [2.45, 2.75) is 19.6 Å². The summed E-state index contributed by atoms with van der Waals surface area (Å²) in [7, 11) is 0. The summed E-state index contributed by atoms with van der Waals surface area (Å²) in [5.41, 5.74) is 0.282. The Bertz CT molecular complexity index is 1260. The first-order valence-corrected chi connectivity index (χ1v) is 9.96. The van der Waals surface area contributed by atoms with Gasteiger partial charge in [0.15, 0.2) is 5.69 Å². The molecule has 2 heterocycles. The number of carbonyl (C=O) groups is 1. The second-order valence-electron chi connectivity index (χ2n) is 7.05. The fourth-order valence-corrected chi connectivity index (χ4v) is 3.39. The zero-order valence-corrected chi connectivity index (χ0v) is 17.5. The molecule has 9 heteroatoms. The van der Waals surface area contributed by atoms with Crippen LogP contribution in [0.5, 0.6) is 0 Å². The maximum absolute atomic E-state index is 13.3. The molecule has 4 rings (SSSR count). The monoisotopic (exact) mass is 459 g/mol. The normalized spacial score (nSPS) is 11.5. The van der Waals surface area contributed by atoms with E-state index in [0.717, 1.165) is 16.5 Å². The third-order valence-corrected chi connectivity index (χ3v) is 5.06. The maximum Gasteiger partial charge on any atom is 0.435 e. The molecule has 0 saturated carbocycles. The zero-order chi connectivity index (χ0) is 22.9. The van der Waals surface area contributed by atoms with Gasteiger partial charge in [0, 0.05) is 11.1 Å². The molecule has 164 valence electrons. The van der Waals surface area contributed by atoms with Gasteiger partial charge in [0.1, 0.15) is 11.5 Å². The third-order valence-electron chi connectivity index (χ3n) is 4.74. The lowest BCUT2D eigenvalue weighted by molar-refractivity contribution is -0.141. The summed E-state index contributed by atoms with van der Waals surface area (Å²) in [4.78, 5) is 12.4. The van der Waals surface area contributed by atoms with Crippen molar-refractivity contribution >= 4 is 17.5 Å². The quantitative estimate of drug-likeness (QED) is 0.395. The van der Waals surface area contributed by atoms with Crippen molar-refractivity contribution in [2.24, 2.45) is 0 Å². The van der Waals surface area contributed by atoms with Crippen LogP contribution in [0.4, 0.5) is 13.2 Å². The van der Waals surface area contributed by atoms with Crippen LogP contribution in [0.1, 0.15) is 27.6 Å². The standard InChI is InChI=1S/C23H17ClF3N3O2/c1-14-6-11-17(32-14)13-28-22(31)16-9-7-15(8-10-16)20-12-21(23(25,26)27)29-30(20)19-5-3-2-4-18(19)24/h2-12H,13H2,1H3,(H,28,31). The van der Waals surface area contributed by atoms with Gasteiger partial charge in [0.2, 0.25) is 0 Å². The van der Waals surface area contributed by atoms with Crippen LogP contribution in [0.15, 0.2) is 71.1 Å². The van der Waals surface area contributed by atoms with E-state index in [1.807, 2.05) is 6.92 Å². The summed E-state index contributed by atoms with van der Waals surface area (Å²) in [5, 5.41) is 6.73. The van der Waals surface area contributed by atoms with Crippen molar-refractivity contribution in [3.05, 3.63) is 94.5 Å². The molecule has 0 spiro atoms. The SMILES string of the molecule is Cc1ccc(CNC(=O)c2ccc(-c3cc(C(F)(F)F)nn3-c3ccccc3Cl)cc2)o1. The van der Waals surface area contributed by atoms with E-state index in [2.05, 4.69) is 10.4 Å². The van der Waals surface area contributed by atoms with Crippen molar-refractivity contribution in [3.63, 3.8) is 0 Å². The first-order chi connectivity index (χ1) is 15.2. The number of rotatable bonds is 5. The number of nitrogens with zero attached hydrogens (tertiary/aromatic N) is 2. The van der Waals surface area contributed by atoms with Crippen LogP contribution in [0, 0.1) is 6.92 Å². The fraction of sp³-hybridized carbons (Fsp3) is 0.130. The lowest BCUT2D eigenvalue weighted by Crippen LogP contribution is -2.22. The highest BCUT2D eigenvalue weighted by Gasteiger charge is 2.35. The van der Waals surface area contributed by atoms with Crippen LogP contribution in [-0.4, -0.2) is 15.7 Å². The van der Waals surface area contributed by atoms with Crippen LogP contribution in [0.3, 0.4) is 0 Å². The molecule has 0 bridgehead atoms. The number of aryl methyl sites for hydroxylation is 1. The molecule has 0 saturated heterocycles. The Labute approximate surface area is 186 Å². The summed E-state index contributed by atoms with van der Waals surface area (Å²) in [6, 6.07) is 17.2. The first-order valence-electron chi connectivity index (χ1n) is 9.58. The molecular formula is C23H17ClF3N3O2. The fourth-order valence-electron chi connectivity index (χ4n) is 3.17. The number of nitrogens with one attached hydrogen (secondary N) is 1. The van der Waals surface area contributed by atoms with Gasteiger partial charge >= 0.3 is 6.18 Å². The largest absolute Gasteiger partial charge is 0.465 e. The van der Waals surface area contributed by atoms with Gasteiger partial charge in [-0.05, 0) is 49.4 Å². The molecule has 0 unspecified atom stereocenters. The number of carbonyl (C=O) groups excluding carboxylic acids is 1. The van der Waals surface area contributed by atoms with Crippen molar-refractivity contribution in [2.75, 3.05) is 0 Å². The Morgan fingerprint density at radius 3 is 2.44 bits per heavy atom. The number of para-hydroxylation sites is 1. The Morgan fingerprint density at radius 2 is 1.81 bits per heavy atom. The average Bonchev–Trinajstić information content (AvgIpc) is 3.39. The van der Waals surface area contributed by atoms with Gasteiger partial charge in [-0.15, -0.1) is 0 Å². The van der Waals surface area contributed by atoms with Gasteiger partial charge in [-0.1, -0.05) is 35.9 Å². The number of alkyl halides is 3. The molecule has 32 heavy (non-hydrogen) atoms. The van der Waals surface area contributed by atoms with E-state index < -0.39 is 11.9 Å². The van der Waals surface area contributed by atoms with Crippen LogP contribution >= 0.6 is 11.6 Å². The van der Waals surface area contributed by atoms with E-state index in [4.69, 9.17) is 16.0 Å². The number of benzene rings is 2. The molecule has 1 amide bonds. The van der Waals surface area contributed by atoms with E-state index in [9.17, 15) is 18.0 Å². The molecule has 0 aliphatic rings. The van der Waals surface area contributed by atoms with Gasteiger partial charge in [-0.2, -0.15) is 18.3 Å². The van der Waals surface area contributed by atoms with E-state index in [1.165, 1.54) is 12.1 Å². The smallest absolute Gasteiger partial charge is 0.435 e. The highest BCUT2D eigenvalue weighted by Crippen LogP contribution is 2.34. The molecule has 1 N–H and O–H groups in total. The van der Waals surface area contributed by atoms with Crippen molar-refractivity contribution < 1.29 is 22.4 Å². The molecule has 4 aromatic rings. The third kappa shape index (κ3) is 4.55. The molecule has 0 fully saturated rings. The van der Waals surface area contributed by atoms with Crippen LogP contribution < -0.4 is 5.32 Å². The Hall–Kier alpha value is -3.52. The predicted octanol–water partition coefficient (Wildman–Crippen LogP) is 6.04. The van der Waals surface area contributed by atoms with Crippen molar-refractivity contribution in [1.82, 2.24) is 15.1 Å². The molecule has 5 nitrogen and oxygen atoms in total. The lowest BCUT2D eigenvalue weighted by Gasteiger charge is -2.10. The second-order valence-corrected chi connectivity index (χ2v) is 7.46. The molecule has 0 aliphatic carbocycles. The topological polar surface area (TPSA) is 60.1 Å². The molecule has 2 aromatic heterocycles. The van der Waals surface area contributed by atoms with E-state index >= 15 is 0 Å². The van der Waals surface area contributed by atoms with E-state index in [-0.39, 0.29) is 23.2 Å². The minimum absolute atomic E-state index is 0.198. The van der Waals surface area contributed by atoms with Crippen LogP contribution in [0.25, 0.3) is 16.9 Å².